The second-order valence-electron chi connectivity index (χ2n) is 11.4. The second-order valence-corrected chi connectivity index (χ2v) is 12.2. The van der Waals surface area contributed by atoms with Gasteiger partial charge < -0.3 is 15.4 Å². The molecule has 13 heteroatoms. The minimum Gasteiger partial charge on any atom is -0.469 e. The number of aryl methyl sites for hydroxylation is 2. The quantitative estimate of drug-likeness (QED) is 0.190. The number of ether oxygens (including phenoxy) is 1. The Morgan fingerprint density at radius 3 is 2.48 bits per heavy atom. The summed E-state index contributed by atoms with van der Waals surface area (Å²) in [6.07, 6.45) is 3.56. The Morgan fingerprint density at radius 2 is 1.72 bits per heavy atom. The number of likely N-dealkylation sites (tertiary alicyclic amines) is 1. The Morgan fingerprint density at radius 1 is 0.978 bits per heavy atom. The number of hydrogen-bond donors (Lipinski definition) is 2. The van der Waals surface area contributed by atoms with Gasteiger partial charge in [-0.2, -0.15) is 5.10 Å². The smallest absolute Gasteiger partial charge is 0.311 e. The van der Waals surface area contributed by atoms with Gasteiger partial charge in [0.2, 0.25) is 0 Å². The molecule has 0 radical (unpaired) electrons. The number of methoxy groups -OCH3 is 1. The molecule has 0 aliphatic carbocycles. The van der Waals surface area contributed by atoms with E-state index in [9.17, 15) is 9.59 Å². The lowest BCUT2D eigenvalue weighted by Crippen LogP contribution is -2.52. The summed E-state index contributed by atoms with van der Waals surface area (Å²) >= 11 is 13.9. The number of nitrogens with one attached hydrogen (secondary N) is 2. The number of pyridine rings is 1. The molecule has 3 aromatic heterocycles. The van der Waals surface area contributed by atoms with E-state index in [1.807, 2.05) is 60.1 Å². The number of halogens is 2. The van der Waals surface area contributed by atoms with Gasteiger partial charge in [0.05, 0.1) is 51.7 Å². The summed E-state index contributed by atoms with van der Waals surface area (Å²) in [5.74, 6) is 0.477. The molecule has 234 valence electrons. The van der Waals surface area contributed by atoms with Gasteiger partial charge in [0.25, 0.3) is 5.91 Å². The van der Waals surface area contributed by atoms with Gasteiger partial charge in [-0.15, -0.1) is 0 Å². The van der Waals surface area contributed by atoms with Crippen molar-refractivity contribution in [1.29, 1.82) is 0 Å². The van der Waals surface area contributed by atoms with E-state index in [1.54, 1.807) is 12.3 Å². The largest absolute Gasteiger partial charge is 0.469 e. The van der Waals surface area contributed by atoms with Crippen LogP contribution in [0.25, 0.3) is 22.2 Å². The van der Waals surface area contributed by atoms with E-state index >= 15 is 0 Å². The number of anilines is 3. The zero-order valence-electron chi connectivity index (χ0n) is 25.1. The third-order valence-corrected chi connectivity index (χ3v) is 9.29. The fourth-order valence-electron chi connectivity index (χ4n) is 6.18. The minimum absolute atomic E-state index is 0.0960. The first kappa shape index (κ1) is 30.1. The van der Waals surface area contributed by atoms with Crippen molar-refractivity contribution in [2.45, 2.75) is 32.4 Å². The molecule has 11 nitrogen and oxygen atoms in total. The van der Waals surface area contributed by atoms with Crippen molar-refractivity contribution in [2.24, 2.45) is 5.92 Å². The molecular formula is C33H30Cl2N8O3. The van der Waals surface area contributed by atoms with Crippen LogP contribution >= 0.6 is 23.2 Å². The number of fused-ring (bicyclic) bond motifs is 2. The van der Waals surface area contributed by atoms with Crippen LogP contribution in [0, 0.1) is 12.8 Å². The maximum absolute atomic E-state index is 13.5. The fourth-order valence-corrected chi connectivity index (χ4v) is 6.73. The average molecular weight is 658 g/mol. The predicted octanol–water partition coefficient (Wildman–Crippen LogP) is 6.44. The molecular weight excluding hydrogens is 627 g/mol. The SMILES string of the molecule is COC(=O)C1CN([C@@H]2CCCn3nc(C(=O)Nc4cccc(-c5cccc(Nc6nc(C)nc7cccnc67)c5Cl)c4Cl)cc32)C1. The first-order valence-electron chi connectivity index (χ1n) is 15.0. The van der Waals surface area contributed by atoms with Gasteiger partial charge in [-0.05, 0) is 50.1 Å². The van der Waals surface area contributed by atoms with Gasteiger partial charge in [-0.1, -0.05) is 47.5 Å². The van der Waals surface area contributed by atoms with E-state index in [0.29, 0.717) is 68.5 Å². The lowest BCUT2D eigenvalue weighted by atomic mass is 9.93. The number of aromatic nitrogens is 5. The average Bonchev–Trinajstić information content (AvgIpc) is 3.48. The standard InChI is InChI=1S/C33H30Cl2N8O3/c1-18-37-24-11-5-13-36-30(24)31(38-18)39-22-9-3-7-20(28(22)34)21-8-4-10-23(29(21)35)40-32(44)25-15-27-26(12-6-14-43(27)41-25)42-16-19(17-42)33(45)46-2/h3-5,7-11,13,15,19,26H,6,12,14,16-17H2,1-2H3,(H,40,44)(H,37,38,39)/t26-/m1/s1. The number of nitrogens with zero attached hydrogens (tertiary/aromatic N) is 6. The van der Waals surface area contributed by atoms with Gasteiger partial charge in [-0.25, -0.2) is 9.97 Å². The van der Waals surface area contributed by atoms with E-state index in [2.05, 4.69) is 35.6 Å². The van der Waals surface area contributed by atoms with E-state index in [0.717, 1.165) is 30.6 Å². The Kier molecular flexibility index (Phi) is 8.06. The predicted molar refractivity (Wildman–Crippen MR) is 176 cm³/mol. The number of hydrogen-bond acceptors (Lipinski definition) is 9. The van der Waals surface area contributed by atoms with Crippen LogP contribution in [0.5, 0.6) is 0 Å². The highest BCUT2D eigenvalue weighted by atomic mass is 35.5. The van der Waals surface area contributed by atoms with Crippen molar-refractivity contribution in [1.82, 2.24) is 29.6 Å². The van der Waals surface area contributed by atoms with Crippen molar-refractivity contribution in [3.63, 3.8) is 0 Å². The third kappa shape index (κ3) is 5.55. The summed E-state index contributed by atoms with van der Waals surface area (Å²) in [5, 5.41) is 11.6. The maximum atomic E-state index is 13.5. The minimum atomic E-state index is -0.365. The molecule has 0 unspecified atom stereocenters. The van der Waals surface area contributed by atoms with Gasteiger partial charge in [0, 0.05) is 37.0 Å². The van der Waals surface area contributed by atoms with Gasteiger partial charge in [0.15, 0.2) is 11.5 Å². The molecule has 0 saturated carbocycles. The van der Waals surface area contributed by atoms with Crippen LogP contribution in [0.3, 0.4) is 0 Å². The van der Waals surface area contributed by atoms with Crippen molar-refractivity contribution >= 4 is 63.3 Å². The Bertz CT molecular complexity index is 1990. The lowest BCUT2D eigenvalue weighted by molar-refractivity contribution is -0.152. The molecule has 7 rings (SSSR count). The zero-order chi connectivity index (χ0) is 31.9. The third-order valence-electron chi connectivity index (χ3n) is 8.47. The summed E-state index contributed by atoms with van der Waals surface area (Å²) in [4.78, 5) is 41.0. The number of carbonyl (C=O) groups is 2. The van der Waals surface area contributed by atoms with E-state index < -0.39 is 0 Å². The number of esters is 1. The molecule has 5 heterocycles. The molecule has 46 heavy (non-hydrogen) atoms. The maximum Gasteiger partial charge on any atom is 0.311 e. The summed E-state index contributed by atoms with van der Waals surface area (Å²) in [5.41, 5.74) is 5.00. The highest BCUT2D eigenvalue weighted by molar-refractivity contribution is 6.39. The van der Waals surface area contributed by atoms with E-state index in [4.69, 9.17) is 27.9 Å². The molecule has 1 saturated heterocycles. The van der Waals surface area contributed by atoms with Crippen LogP contribution in [-0.4, -0.2) is 61.7 Å². The highest BCUT2D eigenvalue weighted by Gasteiger charge is 2.40. The van der Waals surface area contributed by atoms with Crippen LogP contribution in [0.15, 0.2) is 60.8 Å². The topological polar surface area (TPSA) is 127 Å². The molecule has 2 aliphatic rings. The number of rotatable bonds is 7. The second kappa shape index (κ2) is 12.3. The van der Waals surface area contributed by atoms with Gasteiger partial charge >= 0.3 is 5.97 Å². The Hall–Kier alpha value is -4.58. The van der Waals surface area contributed by atoms with Crippen LogP contribution in [0.2, 0.25) is 10.0 Å². The molecule has 1 atom stereocenters. The number of carbonyl (C=O) groups excluding carboxylic acids is 2. The highest BCUT2D eigenvalue weighted by Crippen LogP contribution is 2.41. The normalized spacial score (nSPS) is 16.5. The molecule has 0 bridgehead atoms. The van der Waals surface area contributed by atoms with Crippen LogP contribution < -0.4 is 10.6 Å². The summed E-state index contributed by atoms with van der Waals surface area (Å²) in [6.45, 7) is 3.82. The first-order chi connectivity index (χ1) is 22.3. The van der Waals surface area contributed by atoms with Crippen LogP contribution in [-0.2, 0) is 16.1 Å². The van der Waals surface area contributed by atoms with Crippen molar-refractivity contribution in [3.05, 3.63) is 88.1 Å². The van der Waals surface area contributed by atoms with Crippen molar-refractivity contribution < 1.29 is 14.3 Å². The Labute approximate surface area is 274 Å². The molecule has 0 spiro atoms. The molecule has 2 aliphatic heterocycles. The molecule has 1 fully saturated rings. The van der Waals surface area contributed by atoms with Crippen molar-refractivity contribution in [2.75, 3.05) is 30.8 Å². The lowest BCUT2D eigenvalue weighted by Gasteiger charge is -2.44. The summed E-state index contributed by atoms with van der Waals surface area (Å²) < 4.78 is 6.78. The molecule has 1 amide bonds. The summed E-state index contributed by atoms with van der Waals surface area (Å²) in [7, 11) is 1.41. The fraction of sp³-hybridized carbons (Fsp3) is 0.273. The molecule has 5 aromatic rings. The van der Waals surface area contributed by atoms with E-state index in [-0.39, 0.29) is 23.8 Å². The molecule has 2 N–H and O–H groups in total. The van der Waals surface area contributed by atoms with Crippen LogP contribution in [0.1, 0.15) is 40.9 Å². The number of amides is 1. The number of benzene rings is 2. The summed E-state index contributed by atoms with van der Waals surface area (Å²) in [6, 6.07) is 16.6. The van der Waals surface area contributed by atoms with Gasteiger partial charge in [0.1, 0.15) is 11.3 Å². The Balaban J connectivity index is 1.12. The van der Waals surface area contributed by atoms with Crippen LogP contribution in [0.4, 0.5) is 17.2 Å². The molecule has 2 aromatic carbocycles. The monoisotopic (exact) mass is 656 g/mol. The first-order valence-corrected chi connectivity index (χ1v) is 15.7. The van der Waals surface area contributed by atoms with Gasteiger partial charge in [-0.3, -0.25) is 24.2 Å². The van der Waals surface area contributed by atoms with Crippen molar-refractivity contribution in [3.8, 4) is 11.1 Å². The zero-order valence-corrected chi connectivity index (χ0v) is 26.6. The van der Waals surface area contributed by atoms with E-state index in [1.165, 1.54) is 7.11 Å².